The van der Waals surface area contributed by atoms with Crippen molar-refractivity contribution in [2.24, 2.45) is 0 Å². The first-order valence-electron chi connectivity index (χ1n) is 9.19. The lowest BCUT2D eigenvalue weighted by atomic mass is 9.92. The molecule has 1 unspecified atom stereocenters. The number of benzene rings is 2. The fraction of sp³-hybridized carbons (Fsp3) is 0.318. The van der Waals surface area contributed by atoms with Crippen LogP contribution in [0.3, 0.4) is 0 Å². The summed E-state index contributed by atoms with van der Waals surface area (Å²) < 4.78 is 0. The highest BCUT2D eigenvalue weighted by Gasteiger charge is 2.45. The number of carbonyl (C=O) groups is 2. The summed E-state index contributed by atoms with van der Waals surface area (Å²) in [6.45, 7) is 0.414. The quantitative estimate of drug-likeness (QED) is 0.915. The van der Waals surface area contributed by atoms with E-state index in [9.17, 15) is 14.9 Å². The van der Waals surface area contributed by atoms with E-state index in [1.54, 1.807) is 24.1 Å². The Bertz CT molecular complexity index is 939. The second-order valence-electron chi connectivity index (χ2n) is 7.31. The fourth-order valence-electron chi connectivity index (χ4n) is 3.82. The second-order valence-corrected chi connectivity index (χ2v) is 7.31. The molecule has 1 fully saturated rings. The molecule has 0 spiro atoms. The minimum absolute atomic E-state index is 0.157. The first kappa shape index (κ1) is 17.3. The number of fused-ring (bicyclic) bond motifs is 1. The lowest BCUT2D eigenvalue weighted by Crippen LogP contribution is -2.51. The molecule has 4 rings (SSSR count). The van der Waals surface area contributed by atoms with Gasteiger partial charge in [0.1, 0.15) is 6.04 Å². The molecular formula is C22H21N3O2. The van der Waals surface area contributed by atoms with Gasteiger partial charge in [-0.3, -0.25) is 9.59 Å². The summed E-state index contributed by atoms with van der Waals surface area (Å²) in [5.41, 5.74) is 3.32. The molecule has 1 aliphatic heterocycles. The first-order chi connectivity index (χ1) is 13.1. The summed E-state index contributed by atoms with van der Waals surface area (Å²) in [5.74, 6) is -0.317. The highest BCUT2D eigenvalue weighted by molar-refractivity contribution is 5.98. The summed E-state index contributed by atoms with van der Waals surface area (Å²) in [7, 11) is 1.59. The molecule has 0 aromatic heterocycles. The van der Waals surface area contributed by atoms with Crippen LogP contribution in [0.25, 0.3) is 0 Å². The Morgan fingerprint density at radius 3 is 2.37 bits per heavy atom. The van der Waals surface area contributed by atoms with Gasteiger partial charge in [-0.2, -0.15) is 5.26 Å². The third kappa shape index (κ3) is 2.97. The van der Waals surface area contributed by atoms with Gasteiger partial charge in [0.2, 0.25) is 5.91 Å². The number of amides is 2. The number of rotatable bonds is 3. The number of hydrogen-bond acceptors (Lipinski definition) is 3. The predicted molar refractivity (Wildman–Crippen MR) is 101 cm³/mol. The van der Waals surface area contributed by atoms with Crippen LogP contribution in [0.4, 0.5) is 0 Å². The molecule has 2 amide bonds. The molecule has 0 saturated heterocycles. The van der Waals surface area contributed by atoms with Gasteiger partial charge in [0.05, 0.1) is 11.5 Å². The largest absolute Gasteiger partial charge is 0.357 e. The maximum atomic E-state index is 13.2. The zero-order valence-corrected chi connectivity index (χ0v) is 15.2. The van der Waals surface area contributed by atoms with Crippen LogP contribution >= 0.6 is 0 Å². The zero-order chi connectivity index (χ0) is 19.0. The van der Waals surface area contributed by atoms with Gasteiger partial charge >= 0.3 is 0 Å². The van der Waals surface area contributed by atoms with Crippen molar-refractivity contribution in [3.05, 3.63) is 70.8 Å². The van der Waals surface area contributed by atoms with Gasteiger partial charge < -0.3 is 10.2 Å². The van der Waals surface area contributed by atoms with E-state index in [0.717, 1.165) is 29.5 Å². The first-order valence-corrected chi connectivity index (χ1v) is 9.19. The molecule has 5 heteroatoms. The highest BCUT2D eigenvalue weighted by Crippen LogP contribution is 2.47. The van der Waals surface area contributed by atoms with Gasteiger partial charge in [0, 0.05) is 25.6 Å². The third-order valence-corrected chi connectivity index (χ3v) is 5.71. The number of nitrogens with one attached hydrogen (secondary N) is 1. The SMILES string of the molecule is CNC(=O)C1Cc2ccccc2CN1C(=O)c1ccc(C2(C#N)CC2)cc1. The van der Waals surface area contributed by atoms with Crippen LogP contribution in [0, 0.1) is 11.3 Å². The molecule has 1 atom stereocenters. The van der Waals surface area contributed by atoms with Crippen LogP contribution < -0.4 is 5.32 Å². The van der Waals surface area contributed by atoms with Crippen LogP contribution in [0.5, 0.6) is 0 Å². The Morgan fingerprint density at radius 2 is 1.78 bits per heavy atom. The minimum atomic E-state index is -0.522. The van der Waals surface area contributed by atoms with E-state index in [1.165, 1.54) is 0 Å². The topological polar surface area (TPSA) is 73.2 Å². The summed E-state index contributed by atoms with van der Waals surface area (Å²) in [6.07, 6.45) is 2.26. The molecule has 5 nitrogen and oxygen atoms in total. The molecule has 1 saturated carbocycles. The lowest BCUT2D eigenvalue weighted by molar-refractivity contribution is -0.125. The van der Waals surface area contributed by atoms with Crippen molar-refractivity contribution in [2.45, 2.75) is 37.3 Å². The van der Waals surface area contributed by atoms with E-state index < -0.39 is 6.04 Å². The standard InChI is InChI=1S/C22H21N3O2/c1-24-20(26)19-12-16-4-2-3-5-17(16)13-25(19)21(27)15-6-8-18(9-7-15)22(14-23)10-11-22/h2-9,19H,10-13H2,1H3,(H,24,26). The average Bonchev–Trinajstić information content (AvgIpc) is 3.53. The van der Waals surface area contributed by atoms with E-state index in [1.807, 2.05) is 36.4 Å². The van der Waals surface area contributed by atoms with Crippen molar-refractivity contribution < 1.29 is 9.59 Å². The number of likely N-dealkylation sites (N-methyl/N-ethyl adjacent to an activating group) is 1. The summed E-state index contributed by atoms with van der Waals surface area (Å²) in [6, 6.07) is 17.1. The molecule has 0 radical (unpaired) electrons. The number of carbonyl (C=O) groups excluding carboxylic acids is 2. The molecule has 2 aromatic carbocycles. The normalized spacial score (nSPS) is 19.6. The molecule has 0 bridgehead atoms. The van der Waals surface area contributed by atoms with Gasteiger partial charge in [-0.05, 0) is 41.7 Å². The van der Waals surface area contributed by atoms with Crippen LogP contribution in [0.15, 0.2) is 48.5 Å². The van der Waals surface area contributed by atoms with E-state index in [2.05, 4.69) is 11.4 Å². The Labute approximate surface area is 158 Å². The van der Waals surface area contributed by atoms with Gasteiger partial charge in [-0.15, -0.1) is 0 Å². The molecule has 1 heterocycles. The van der Waals surface area contributed by atoms with Gasteiger partial charge in [-0.1, -0.05) is 36.4 Å². The van der Waals surface area contributed by atoms with Gasteiger partial charge in [0.25, 0.3) is 5.91 Å². The van der Waals surface area contributed by atoms with Crippen molar-refractivity contribution in [1.29, 1.82) is 5.26 Å². The fourth-order valence-corrected chi connectivity index (χ4v) is 3.82. The van der Waals surface area contributed by atoms with Gasteiger partial charge in [0.15, 0.2) is 0 Å². The highest BCUT2D eigenvalue weighted by atomic mass is 16.2. The molecular weight excluding hydrogens is 338 g/mol. The molecule has 1 aliphatic carbocycles. The monoisotopic (exact) mass is 359 g/mol. The Morgan fingerprint density at radius 1 is 1.11 bits per heavy atom. The minimum Gasteiger partial charge on any atom is -0.357 e. The van der Waals surface area contributed by atoms with Crippen molar-refractivity contribution in [3.63, 3.8) is 0 Å². The molecule has 27 heavy (non-hydrogen) atoms. The van der Waals surface area contributed by atoms with Crippen molar-refractivity contribution in [3.8, 4) is 6.07 Å². The maximum Gasteiger partial charge on any atom is 0.254 e. The number of nitriles is 1. The van der Waals surface area contributed by atoms with E-state index in [-0.39, 0.29) is 17.2 Å². The maximum absolute atomic E-state index is 13.2. The number of nitrogens with zero attached hydrogens (tertiary/aromatic N) is 2. The molecule has 2 aliphatic rings. The van der Waals surface area contributed by atoms with Crippen molar-refractivity contribution >= 4 is 11.8 Å². The van der Waals surface area contributed by atoms with Crippen LogP contribution in [-0.4, -0.2) is 29.8 Å². The van der Waals surface area contributed by atoms with Crippen molar-refractivity contribution in [1.82, 2.24) is 10.2 Å². The zero-order valence-electron chi connectivity index (χ0n) is 15.2. The Balaban J connectivity index is 1.63. The smallest absolute Gasteiger partial charge is 0.254 e. The summed E-state index contributed by atoms with van der Waals surface area (Å²) >= 11 is 0. The predicted octanol–water partition coefficient (Wildman–Crippen LogP) is 2.55. The number of hydrogen-bond donors (Lipinski definition) is 1. The van der Waals surface area contributed by atoms with E-state index in [0.29, 0.717) is 18.5 Å². The molecule has 1 N–H and O–H groups in total. The lowest BCUT2D eigenvalue weighted by Gasteiger charge is -2.36. The van der Waals surface area contributed by atoms with Crippen molar-refractivity contribution in [2.75, 3.05) is 7.05 Å². The molecule has 2 aromatic rings. The van der Waals surface area contributed by atoms with Gasteiger partial charge in [-0.25, -0.2) is 0 Å². The molecule has 136 valence electrons. The second kappa shape index (κ2) is 6.55. The van der Waals surface area contributed by atoms with Crippen LogP contribution in [-0.2, 0) is 23.2 Å². The van der Waals surface area contributed by atoms with E-state index >= 15 is 0 Å². The Kier molecular flexibility index (Phi) is 4.19. The summed E-state index contributed by atoms with van der Waals surface area (Å²) in [5, 5.41) is 12.0. The average molecular weight is 359 g/mol. The van der Waals surface area contributed by atoms with Crippen LogP contribution in [0.2, 0.25) is 0 Å². The van der Waals surface area contributed by atoms with E-state index in [4.69, 9.17) is 0 Å². The third-order valence-electron chi connectivity index (χ3n) is 5.71. The summed E-state index contributed by atoms with van der Waals surface area (Å²) in [4.78, 5) is 27.2. The van der Waals surface area contributed by atoms with Crippen LogP contribution in [0.1, 0.15) is 39.9 Å². The Hall–Kier alpha value is -3.13.